The fraction of sp³-hybridized carbons (Fsp3) is 0.562. The number of hydrogen-bond donors (Lipinski definition) is 0. The maximum Gasteiger partial charge on any atom is 0.264 e. The van der Waals surface area contributed by atoms with E-state index < -0.39 is 0 Å². The number of carbonyl (C=O) groups excluding carboxylic acids is 1. The summed E-state index contributed by atoms with van der Waals surface area (Å²) in [4.78, 5) is 25.4. The van der Waals surface area contributed by atoms with E-state index in [2.05, 4.69) is 9.97 Å². The van der Waals surface area contributed by atoms with Gasteiger partial charge < -0.3 is 9.64 Å². The van der Waals surface area contributed by atoms with Crippen molar-refractivity contribution in [2.24, 2.45) is 0 Å². The van der Waals surface area contributed by atoms with Gasteiger partial charge in [0.05, 0.1) is 17.1 Å². The van der Waals surface area contributed by atoms with Gasteiger partial charge >= 0.3 is 0 Å². The number of thiophene rings is 1. The molecule has 22 heavy (non-hydrogen) atoms. The summed E-state index contributed by atoms with van der Waals surface area (Å²) in [6.45, 7) is 11.1. The summed E-state index contributed by atoms with van der Waals surface area (Å²) >= 11 is 1.47. The average Bonchev–Trinajstić information content (AvgIpc) is 2.73. The first-order valence-electron chi connectivity index (χ1n) is 7.56. The van der Waals surface area contributed by atoms with Gasteiger partial charge in [-0.1, -0.05) is 0 Å². The predicted octanol–water partition coefficient (Wildman–Crippen LogP) is 2.87. The Bertz CT molecular complexity index is 731. The Kier molecular flexibility index (Phi) is 3.91. The molecule has 3 heterocycles. The van der Waals surface area contributed by atoms with Gasteiger partial charge in [0.1, 0.15) is 10.7 Å². The van der Waals surface area contributed by atoms with Gasteiger partial charge in [0.25, 0.3) is 5.91 Å². The number of carbonyl (C=O) groups is 1. The molecule has 6 heteroatoms. The molecule has 0 aliphatic carbocycles. The molecule has 3 rings (SSSR count). The maximum absolute atomic E-state index is 12.9. The quantitative estimate of drug-likeness (QED) is 0.811. The van der Waals surface area contributed by atoms with Crippen LogP contribution in [0.15, 0.2) is 0 Å². The van der Waals surface area contributed by atoms with Crippen molar-refractivity contribution in [3.05, 3.63) is 22.0 Å². The lowest BCUT2D eigenvalue weighted by atomic mass is 10.1. The van der Waals surface area contributed by atoms with Gasteiger partial charge in [0.2, 0.25) is 0 Å². The van der Waals surface area contributed by atoms with E-state index in [1.807, 2.05) is 39.5 Å². The van der Waals surface area contributed by atoms with Crippen molar-refractivity contribution in [2.45, 2.75) is 46.8 Å². The van der Waals surface area contributed by atoms with Gasteiger partial charge in [-0.05, 0) is 40.2 Å². The van der Waals surface area contributed by atoms with Crippen LogP contribution in [0.4, 0.5) is 0 Å². The summed E-state index contributed by atoms with van der Waals surface area (Å²) in [6, 6.07) is 0. The van der Waals surface area contributed by atoms with E-state index in [-0.39, 0.29) is 18.1 Å². The van der Waals surface area contributed by atoms with E-state index in [1.165, 1.54) is 11.3 Å². The zero-order valence-corrected chi connectivity index (χ0v) is 14.5. The number of nitrogens with zero attached hydrogens (tertiary/aromatic N) is 3. The van der Waals surface area contributed by atoms with Crippen LogP contribution in [0.1, 0.15) is 40.6 Å². The topological polar surface area (TPSA) is 55.3 Å². The SMILES string of the molecule is Cc1nc(C)c2c(C)c(C(=O)N3CC(C)OC(C)C3)sc2n1. The Balaban J connectivity index is 2.01. The molecule has 0 N–H and O–H groups in total. The van der Waals surface area contributed by atoms with E-state index in [4.69, 9.17) is 4.74 Å². The second-order valence-electron chi connectivity index (χ2n) is 6.06. The molecule has 2 aromatic rings. The van der Waals surface area contributed by atoms with Crippen LogP contribution in [-0.2, 0) is 4.74 Å². The molecule has 0 spiro atoms. The number of fused-ring (bicyclic) bond motifs is 1. The van der Waals surface area contributed by atoms with Crippen LogP contribution in [0.5, 0.6) is 0 Å². The predicted molar refractivity (Wildman–Crippen MR) is 87.5 cm³/mol. The van der Waals surface area contributed by atoms with Gasteiger partial charge in [-0.25, -0.2) is 9.97 Å². The molecule has 5 nitrogen and oxygen atoms in total. The monoisotopic (exact) mass is 319 g/mol. The number of aryl methyl sites for hydroxylation is 3. The highest BCUT2D eigenvalue weighted by Gasteiger charge is 2.29. The largest absolute Gasteiger partial charge is 0.372 e. The molecule has 1 saturated heterocycles. The van der Waals surface area contributed by atoms with Crippen molar-refractivity contribution < 1.29 is 9.53 Å². The Labute approximate surface area is 134 Å². The normalized spacial score (nSPS) is 22.3. The van der Waals surface area contributed by atoms with E-state index >= 15 is 0 Å². The molecule has 0 radical (unpaired) electrons. The summed E-state index contributed by atoms with van der Waals surface area (Å²) in [5.74, 6) is 0.832. The second-order valence-corrected chi connectivity index (χ2v) is 7.06. The van der Waals surface area contributed by atoms with E-state index in [0.717, 1.165) is 32.2 Å². The lowest BCUT2D eigenvalue weighted by Gasteiger charge is -2.35. The number of rotatable bonds is 1. The number of morpholine rings is 1. The van der Waals surface area contributed by atoms with E-state index in [0.29, 0.717) is 13.1 Å². The zero-order valence-electron chi connectivity index (χ0n) is 13.6. The summed E-state index contributed by atoms with van der Waals surface area (Å²) in [6.07, 6.45) is 0.150. The van der Waals surface area contributed by atoms with Crippen LogP contribution in [0, 0.1) is 20.8 Å². The molecule has 2 unspecified atom stereocenters. The fourth-order valence-electron chi connectivity index (χ4n) is 3.16. The third-order valence-electron chi connectivity index (χ3n) is 3.98. The van der Waals surface area contributed by atoms with Crippen LogP contribution in [0.2, 0.25) is 0 Å². The van der Waals surface area contributed by atoms with Crippen molar-refractivity contribution in [3.63, 3.8) is 0 Å². The lowest BCUT2D eigenvalue weighted by molar-refractivity contribution is -0.0585. The minimum Gasteiger partial charge on any atom is -0.372 e. The molecular formula is C16H21N3O2S. The Morgan fingerprint density at radius 3 is 2.45 bits per heavy atom. The molecular weight excluding hydrogens is 298 g/mol. The third-order valence-corrected chi connectivity index (χ3v) is 5.16. The smallest absolute Gasteiger partial charge is 0.264 e. The molecule has 2 atom stereocenters. The van der Waals surface area contributed by atoms with Crippen molar-refractivity contribution in [1.82, 2.24) is 14.9 Å². The van der Waals surface area contributed by atoms with Gasteiger partial charge in [0, 0.05) is 24.2 Å². The van der Waals surface area contributed by atoms with Crippen molar-refractivity contribution >= 4 is 27.5 Å². The van der Waals surface area contributed by atoms with E-state index in [9.17, 15) is 4.79 Å². The summed E-state index contributed by atoms with van der Waals surface area (Å²) < 4.78 is 5.71. The average molecular weight is 319 g/mol. The molecule has 0 aromatic carbocycles. The number of amides is 1. The molecule has 2 aromatic heterocycles. The summed E-state index contributed by atoms with van der Waals surface area (Å²) in [5.41, 5.74) is 1.94. The standard InChI is InChI=1S/C16H21N3O2S/c1-8-6-19(7-9(2)21-8)16(20)14-10(3)13-11(4)17-12(5)18-15(13)22-14/h8-9H,6-7H2,1-5H3. The Morgan fingerprint density at radius 1 is 1.18 bits per heavy atom. The minimum absolute atomic E-state index is 0.0751. The third kappa shape index (κ3) is 2.61. The van der Waals surface area contributed by atoms with Gasteiger partial charge in [-0.15, -0.1) is 11.3 Å². The molecule has 1 amide bonds. The van der Waals surface area contributed by atoms with Crippen molar-refractivity contribution in [2.75, 3.05) is 13.1 Å². The highest BCUT2D eigenvalue weighted by atomic mass is 32.1. The van der Waals surface area contributed by atoms with Gasteiger partial charge in [0.15, 0.2) is 0 Å². The second kappa shape index (κ2) is 5.59. The highest BCUT2D eigenvalue weighted by molar-refractivity contribution is 7.20. The van der Waals surface area contributed by atoms with Crippen molar-refractivity contribution in [3.8, 4) is 0 Å². The lowest BCUT2D eigenvalue weighted by Crippen LogP contribution is -2.48. The van der Waals surface area contributed by atoms with Gasteiger partial charge in [-0.3, -0.25) is 4.79 Å². The van der Waals surface area contributed by atoms with Crippen LogP contribution in [0.3, 0.4) is 0 Å². The van der Waals surface area contributed by atoms with Crippen LogP contribution >= 0.6 is 11.3 Å². The first-order valence-corrected chi connectivity index (χ1v) is 8.37. The van der Waals surface area contributed by atoms with E-state index in [1.54, 1.807) is 0 Å². The highest BCUT2D eigenvalue weighted by Crippen LogP contribution is 2.32. The van der Waals surface area contributed by atoms with Crippen LogP contribution in [-0.4, -0.2) is 46.1 Å². The molecule has 0 saturated carbocycles. The fourth-order valence-corrected chi connectivity index (χ4v) is 4.41. The summed E-state index contributed by atoms with van der Waals surface area (Å²) in [7, 11) is 0. The number of aromatic nitrogens is 2. The molecule has 1 aliphatic rings. The minimum atomic E-state index is 0.0751. The number of hydrogen-bond acceptors (Lipinski definition) is 5. The Morgan fingerprint density at radius 2 is 1.82 bits per heavy atom. The van der Waals surface area contributed by atoms with Gasteiger partial charge in [-0.2, -0.15) is 0 Å². The van der Waals surface area contributed by atoms with Crippen LogP contribution < -0.4 is 0 Å². The molecule has 1 aliphatic heterocycles. The molecule has 0 bridgehead atoms. The first kappa shape index (κ1) is 15.4. The van der Waals surface area contributed by atoms with Crippen LogP contribution in [0.25, 0.3) is 10.2 Å². The molecule has 1 fully saturated rings. The first-order chi connectivity index (χ1) is 10.4. The Hall–Kier alpha value is -1.53. The zero-order chi connectivity index (χ0) is 16.0. The maximum atomic E-state index is 12.9. The molecule has 118 valence electrons. The number of ether oxygens (including phenoxy) is 1. The van der Waals surface area contributed by atoms with Crippen molar-refractivity contribution in [1.29, 1.82) is 0 Å². The summed E-state index contributed by atoms with van der Waals surface area (Å²) in [5, 5.41) is 1.02.